The minimum Gasteiger partial charge on any atom is -0.458 e. The van der Waals surface area contributed by atoms with Gasteiger partial charge < -0.3 is 9.73 Å². The summed E-state index contributed by atoms with van der Waals surface area (Å²) in [6.07, 6.45) is 0. The van der Waals surface area contributed by atoms with Crippen LogP contribution < -0.4 is 5.32 Å². The highest BCUT2D eigenvalue weighted by molar-refractivity contribution is 7.13. The van der Waals surface area contributed by atoms with Gasteiger partial charge >= 0.3 is 0 Å². The quantitative estimate of drug-likeness (QED) is 0.799. The summed E-state index contributed by atoms with van der Waals surface area (Å²) in [7, 11) is 0. The fourth-order valence-electron chi connectivity index (χ4n) is 1.92. The average molecular weight is 298 g/mol. The molecule has 1 aromatic carbocycles. The van der Waals surface area contributed by atoms with Gasteiger partial charge in [0.1, 0.15) is 16.5 Å². The minimum atomic E-state index is -0.0760. The van der Waals surface area contributed by atoms with Crippen LogP contribution in [-0.4, -0.2) is 10.9 Å². The Labute approximate surface area is 126 Å². The van der Waals surface area contributed by atoms with Crippen molar-refractivity contribution in [1.29, 1.82) is 0 Å². The Morgan fingerprint density at radius 2 is 2.05 bits per heavy atom. The highest BCUT2D eigenvalue weighted by atomic mass is 32.1. The number of carbonyl (C=O) groups excluding carboxylic acids is 1. The van der Waals surface area contributed by atoms with Gasteiger partial charge in [0.15, 0.2) is 5.76 Å². The Hall–Kier alpha value is -2.40. The number of thiazole rings is 1. The molecule has 1 amide bonds. The first kappa shape index (κ1) is 13.6. The molecule has 106 valence electrons. The molecule has 0 atom stereocenters. The molecule has 21 heavy (non-hydrogen) atoms. The van der Waals surface area contributed by atoms with Gasteiger partial charge in [0.05, 0.1) is 6.54 Å². The van der Waals surface area contributed by atoms with E-state index < -0.39 is 0 Å². The second kappa shape index (κ2) is 5.93. The van der Waals surface area contributed by atoms with Crippen LogP contribution in [0.2, 0.25) is 0 Å². The van der Waals surface area contributed by atoms with Crippen LogP contribution in [0.1, 0.15) is 12.7 Å². The van der Waals surface area contributed by atoms with Gasteiger partial charge in [0, 0.05) is 17.9 Å². The molecule has 2 heterocycles. The molecule has 0 saturated carbocycles. The maximum Gasteiger partial charge on any atom is 0.217 e. The van der Waals surface area contributed by atoms with E-state index in [-0.39, 0.29) is 5.91 Å². The summed E-state index contributed by atoms with van der Waals surface area (Å²) in [5, 5.41) is 5.65. The first-order valence-corrected chi connectivity index (χ1v) is 7.45. The molecule has 0 spiro atoms. The van der Waals surface area contributed by atoms with Gasteiger partial charge in [-0.1, -0.05) is 30.3 Å². The van der Waals surface area contributed by atoms with Crippen molar-refractivity contribution in [1.82, 2.24) is 10.3 Å². The summed E-state index contributed by atoms with van der Waals surface area (Å²) in [5.74, 6) is 1.36. The molecule has 0 bridgehead atoms. The van der Waals surface area contributed by atoms with Crippen LogP contribution in [0, 0.1) is 0 Å². The van der Waals surface area contributed by atoms with Gasteiger partial charge in [-0.3, -0.25) is 4.79 Å². The molecule has 3 aromatic rings. The minimum absolute atomic E-state index is 0.0760. The van der Waals surface area contributed by atoms with Crippen molar-refractivity contribution >= 4 is 17.2 Å². The molecule has 4 nitrogen and oxygen atoms in total. The zero-order chi connectivity index (χ0) is 14.7. The Morgan fingerprint density at radius 3 is 2.81 bits per heavy atom. The molecule has 3 rings (SSSR count). The maximum absolute atomic E-state index is 10.9. The summed E-state index contributed by atoms with van der Waals surface area (Å²) in [6.45, 7) is 1.88. The molecule has 0 unspecified atom stereocenters. The Morgan fingerprint density at radius 1 is 1.24 bits per heavy atom. The molecule has 0 fully saturated rings. The van der Waals surface area contributed by atoms with Gasteiger partial charge in [0.2, 0.25) is 5.91 Å². The molecule has 0 radical (unpaired) electrons. The fourth-order valence-corrected chi connectivity index (χ4v) is 2.74. The molecule has 0 aliphatic rings. The van der Waals surface area contributed by atoms with Gasteiger partial charge in [0.25, 0.3) is 0 Å². The summed E-state index contributed by atoms with van der Waals surface area (Å²) >= 11 is 1.58. The second-order valence-corrected chi connectivity index (χ2v) is 5.44. The Balaban J connectivity index is 1.79. The van der Waals surface area contributed by atoms with Crippen molar-refractivity contribution < 1.29 is 9.21 Å². The largest absolute Gasteiger partial charge is 0.458 e. The van der Waals surface area contributed by atoms with Crippen LogP contribution in [0.15, 0.2) is 52.3 Å². The average Bonchev–Trinajstić information content (AvgIpc) is 3.15. The highest BCUT2D eigenvalue weighted by Crippen LogP contribution is 2.29. The van der Waals surface area contributed by atoms with Crippen molar-refractivity contribution in [2.45, 2.75) is 13.5 Å². The smallest absolute Gasteiger partial charge is 0.217 e. The number of hydrogen-bond donors (Lipinski definition) is 1. The molecule has 2 aromatic heterocycles. The molecule has 0 aliphatic carbocycles. The lowest BCUT2D eigenvalue weighted by molar-refractivity contribution is -0.119. The fraction of sp³-hybridized carbons (Fsp3) is 0.125. The van der Waals surface area contributed by atoms with Crippen molar-refractivity contribution in [2.75, 3.05) is 0 Å². The van der Waals surface area contributed by atoms with E-state index in [2.05, 4.69) is 10.3 Å². The van der Waals surface area contributed by atoms with Crippen LogP contribution in [0.25, 0.3) is 22.0 Å². The standard InChI is InChI=1S/C16H14N2O2S/c1-11(19)17-9-13-7-8-15(20-13)14-10-21-16(18-14)12-5-3-2-4-6-12/h2-8,10H,9H2,1H3,(H,17,19). The van der Waals surface area contributed by atoms with E-state index in [1.165, 1.54) is 6.92 Å². The van der Waals surface area contributed by atoms with E-state index in [4.69, 9.17) is 4.42 Å². The van der Waals surface area contributed by atoms with Gasteiger partial charge in [-0.25, -0.2) is 4.98 Å². The van der Waals surface area contributed by atoms with E-state index in [0.29, 0.717) is 12.3 Å². The molecular formula is C16H14N2O2S. The zero-order valence-electron chi connectivity index (χ0n) is 11.5. The normalized spacial score (nSPS) is 10.5. The molecule has 0 saturated heterocycles. The number of carbonyl (C=O) groups is 1. The number of nitrogens with one attached hydrogen (secondary N) is 1. The first-order valence-electron chi connectivity index (χ1n) is 6.57. The third-order valence-corrected chi connectivity index (χ3v) is 3.84. The summed E-state index contributed by atoms with van der Waals surface area (Å²) in [6, 6.07) is 13.8. The third-order valence-electron chi connectivity index (χ3n) is 2.95. The van der Waals surface area contributed by atoms with Crippen LogP contribution in [-0.2, 0) is 11.3 Å². The summed E-state index contributed by atoms with van der Waals surface area (Å²) in [4.78, 5) is 15.5. The molecular weight excluding hydrogens is 284 g/mol. The Kier molecular flexibility index (Phi) is 3.83. The van der Waals surface area contributed by atoms with Crippen LogP contribution in [0.3, 0.4) is 0 Å². The monoisotopic (exact) mass is 298 g/mol. The number of rotatable bonds is 4. The van der Waals surface area contributed by atoms with E-state index >= 15 is 0 Å². The third kappa shape index (κ3) is 3.20. The Bertz CT molecular complexity index is 746. The highest BCUT2D eigenvalue weighted by Gasteiger charge is 2.10. The van der Waals surface area contributed by atoms with Crippen LogP contribution >= 0.6 is 11.3 Å². The molecule has 0 aliphatic heterocycles. The van der Waals surface area contributed by atoms with Crippen molar-refractivity contribution in [3.63, 3.8) is 0 Å². The SMILES string of the molecule is CC(=O)NCc1ccc(-c2csc(-c3ccccc3)n2)o1. The number of nitrogens with zero attached hydrogens (tertiary/aromatic N) is 1. The molecule has 5 heteroatoms. The number of hydrogen-bond acceptors (Lipinski definition) is 4. The first-order chi connectivity index (χ1) is 10.2. The van der Waals surface area contributed by atoms with Crippen LogP contribution in [0.4, 0.5) is 0 Å². The summed E-state index contributed by atoms with van der Waals surface area (Å²) in [5.41, 5.74) is 1.91. The van der Waals surface area contributed by atoms with E-state index in [9.17, 15) is 4.79 Å². The van der Waals surface area contributed by atoms with Crippen LogP contribution in [0.5, 0.6) is 0 Å². The maximum atomic E-state index is 10.9. The number of furan rings is 1. The number of aromatic nitrogens is 1. The second-order valence-electron chi connectivity index (χ2n) is 4.58. The van der Waals surface area contributed by atoms with Crippen molar-refractivity contribution in [3.8, 4) is 22.0 Å². The van der Waals surface area contributed by atoms with Gasteiger partial charge in [-0.15, -0.1) is 11.3 Å². The van der Waals surface area contributed by atoms with Crippen molar-refractivity contribution in [2.24, 2.45) is 0 Å². The predicted molar refractivity (Wildman–Crippen MR) is 82.8 cm³/mol. The lowest BCUT2D eigenvalue weighted by atomic mass is 10.2. The molecule has 1 N–H and O–H groups in total. The van der Waals surface area contributed by atoms with Gasteiger partial charge in [-0.2, -0.15) is 0 Å². The van der Waals surface area contributed by atoms with E-state index in [1.807, 2.05) is 47.8 Å². The summed E-state index contributed by atoms with van der Waals surface area (Å²) < 4.78 is 5.70. The van der Waals surface area contributed by atoms with Gasteiger partial charge in [-0.05, 0) is 12.1 Å². The lowest BCUT2D eigenvalue weighted by Gasteiger charge is -1.97. The van der Waals surface area contributed by atoms with E-state index in [0.717, 1.165) is 22.0 Å². The number of amides is 1. The van der Waals surface area contributed by atoms with E-state index in [1.54, 1.807) is 11.3 Å². The lowest BCUT2D eigenvalue weighted by Crippen LogP contribution is -2.18. The predicted octanol–water partition coefficient (Wildman–Crippen LogP) is 3.71. The topological polar surface area (TPSA) is 55.1 Å². The van der Waals surface area contributed by atoms with Crippen molar-refractivity contribution in [3.05, 3.63) is 53.6 Å². The number of benzene rings is 1. The zero-order valence-corrected chi connectivity index (χ0v) is 12.3.